The van der Waals surface area contributed by atoms with Gasteiger partial charge in [0.25, 0.3) is 5.91 Å². The van der Waals surface area contributed by atoms with Crippen molar-refractivity contribution in [2.45, 2.75) is 32.1 Å². The predicted octanol–water partition coefficient (Wildman–Crippen LogP) is 4.28. The Morgan fingerprint density at radius 3 is 2.57 bits per heavy atom. The third-order valence-electron chi connectivity index (χ3n) is 5.76. The van der Waals surface area contributed by atoms with Crippen molar-refractivity contribution in [2.24, 2.45) is 5.92 Å². The van der Waals surface area contributed by atoms with E-state index in [9.17, 15) is 9.59 Å². The quantitative estimate of drug-likeness (QED) is 0.487. The number of aromatic nitrogens is 1. The van der Waals surface area contributed by atoms with Gasteiger partial charge >= 0.3 is 0 Å². The fourth-order valence-electron chi connectivity index (χ4n) is 3.85. The number of piperidine rings is 1. The Morgan fingerprint density at radius 2 is 1.87 bits per heavy atom. The van der Waals surface area contributed by atoms with Crippen LogP contribution in [0.1, 0.15) is 48.0 Å². The fraction of sp³-hybridized carbons (Fsp3) is 0.400. The Morgan fingerprint density at radius 1 is 1.10 bits per heavy atom. The second kappa shape index (κ2) is 11.3. The van der Waals surface area contributed by atoms with E-state index in [4.69, 9.17) is 0 Å². The van der Waals surface area contributed by atoms with Crippen molar-refractivity contribution < 1.29 is 9.59 Å². The predicted molar refractivity (Wildman–Crippen MR) is 120 cm³/mol. The van der Waals surface area contributed by atoms with Crippen LogP contribution in [-0.2, 0) is 4.79 Å². The molecule has 158 valence electrons. The van der Waals surface area contributed by atoms with Gasteiger partial charge in [0.2, 0.25) is 5.91 Å². The highest BCUT2D eigenvalue weighted by atomic mass is 16.2. The van der Waals surface area contributed by atoms with Crippen LogP contribution in [-0.4, -0.2) is 53.3 Å². The number of amides is 2. The number of carbonyl (C=O) groups is 2. The minimum absolute atomic E-state index is 0.0200. The van der Waals surface area contributed by atoms with Crippen LogP contribution in [0, 0.1) is 5.92 Å². The van der Waals surface area contributed by atoms with Crippen molar-refractivity contribution >= 4 is 17.9 Å². The standard InChI is InChI=1S/C25H31N3O2/c1-27(24(29)13-12-22-9-7-16-26-20-22)17-6-5-8-21-14-18-28(19-15-21)25(30)23-10-3-2-4-11-23/h2-4,7,9-13,16,20-21H,5-6,8,14-15,17-19H2,1H3/b13-12+. The largest absolute Gasteiger partial charge is 0.342 e. The number of nitrogens with zero attached hydrogens (tertiary/aromatic N) is 3. The lowest BCUT2D eigenvalue weighted by Gasteiger charge is -2.32. The van der Waals surface area contributed by atoms with Crippen molar-refractivity contribution in [3.8, 4) is 0 Å². The highest BCUT2D eigenvalue weighted by Gasteiger charge is 2.23. The monoisotopic (exact) mass is 405 g/mol. The van der Waals surface area contributed by atoms with Crippen LogP contribution in [0.4, 0.5) is 0 Å². The molecular weight excluding hydrogens is 374 g/mol. The van der Waals surface area contributed by atoms with Crippen molar-refractivity contribution in [1.82, 2.24) is 14.8 Å². The Bertz CT molecular complexity index is 828. The topological polar surface area (TPSA) is 53.5 Å². The maximum Gasteiger partial charge on any atom is 0.253 e. The van der Waals surface area contributed by atoms with Gasteiger partial charge in [-0.05, 0) is 55.0 Å². The van der Waals surface area contributed by atoms with Crippen LogP contribution in [0.2, 0.25) is 0 Å². The van der Waals surface area contributed by atoms with Gasteiger partial charge in [-0.2, -0.15) is 0 Å². The highest BCUT2D eigenvalue weighted by Crippen LogP contribution is 2.23. The van der Waals surface area contributed by atoms with Crippen molar-refractivity contribution in [1.29, 1.82) is 0 Å². The summed E-state index contributed by atoms with van der Waals surface area (Å²) in [5.74, 6) is 0.844. The van der Waals surface area contributed by atoms with Gasteiger partial charge in [-0.25, -0.2) is 0 Å². The van der Waals surface area contributed by atoms with E-state index < -0.39 is 0 Å². The number of likely N-dealkylation sites (N-methyl/N-ethyl adjacent to an activating group) is 1. The van der Waals surface area contributed by atoms with Gasteiger partial charge in [-0.15, -0.1) is 0 Å². The van der Waals surface area contributed by atoms with Gasteiger partial charge in [0.05, 0.1) is 0 Å². The molecule has 5 nitrogen and oxygen atoms in total. The van der Waals surface area contributed by atoms with Crippen molar-refractivity contribution in [2.75, 3.05) is 26.7 Å². The zero-order valence-corrected chi connectivity index (χ0v) is 17.7. The van der Waals surface area contributed by atoms with E-state index in [0.717, 1.165) is 56.4 Å². The van der Waals surface area contributed by atoms with Gasteiger partial charge in [0.1, 0.15) is 0 Å². The first-order valence-electron chi connectivity index (χ1n) is 10.8. The molecule has 1 aliphatic heterocycles. The first kappa shape index (κ1) is 21.8. The molecule has 5 heteroatoms. The molecule has 1 aromatic heterocycles. The average Bonchev–Trinajstić information content (AvgIpc) is 2.81. The molecule has 1 aromatic carbocycles. The summed E-state index contributed by atoms with van der Waals surface area (Å²) in [4.78, 5) is 32.5. The molecule has 1 fully saturated rings. The van der Waals surface area contributed by atoms with E-state index in [1.165, 1.54) is 6.42 Å². The van der Waals surface area contributed by atoms with Crippen molar-refractivity contribution in [3.63, 3.8) is 0 Å². The van der Waals surface area contributed by atoms with Gasteiger partial charge in [0, 0.05) is 50.7 Å². The number of unbranched alkanes of at least 4 members (excludes halogenated alkanes) is 1. The highest BCUT2D eigenvalue weighted by molar-refractivity contribution is 5.94. The smallest absolute Gasteiger partial charge is 0.253 e. The molecule has 30 heavy (non-hydrogen) atoms. The van der Waals surface area contributed by atoms with Crippen LogP contribution >= 0.6 is 0 Å². The molecule has 0 radical (unpaired) electrons. The maximum atomic E-state index is 12.5. The van der Waals surface area contributed by atoms with Crippen LogP contribution in [0.5, 0.6) is 0 Å². The molecule has 2 heterocycles. The average molecular weight is 406 g/mol. The summed E-state index contributed by atoms with van der Waals surface area (Å²) in [6, 6.07) is 13.3. The number of hydrogen-bond acceptors (Lipinski definition) is 3. The molecule has 0 aliphatic carbocycles. The molecule has 0 bridgehead atoms. The summed E-state index contributed by atoms with van der Waals surface area (Å²) in [5, 5.41) is 0. The van der Waals surface area contributed by atoms with Gasteiger partial charge < -0.3 is 9.80 Å². The molecule has 0 saturated carbocycles. The number of rotatable bonds is 8. The third-order valence-corrected chi connectivity index (χ3v) is 5.76. The van der Waals surface area contributed by atoms with Crippen LogP contribution in [0.25, 0.3) is 6.08 Å². The molecule has 1 aliphatic rings. The first-order valence-corrected chi connectivity index (χ1v) is 10.8. The van der Waals surface area contributed by atoms with E-state index in [1.807, 2.05) is 54.4 Å². The summed E-state index contributed by atoms with van der Waals surface area (Å²) in [6.45, 7) is 2.45. The van der Waals surface area contributed by atoms with Gasteiger partial charge in [-0.1, -0.05) is 37.1 Å². The lowest BCUT2D eigenvalue weighted by Crippen LogP contribution is -2.38. The maximum absolute atomic E-state index is 12.5. The van der Waals surface area contributed by atoms with Crippen molar-refractivity contribution in [3.05, 3.63) is 72.1 Å². The summed E-state index contributed by atoms with van der Waals surface area (Å²) in [7, 11) is 1.85. The van der Waals surface area contributed by atoms with Crippen LogP contribution in [0.3, 0.4) is 0 Å². The van der Waals surface area contributed by atoms with E-state index in [-0.39, 0.29) is 11.8 Å². The van der Waals surface area contributed by atoms with E-state index in [2.05, 4.69) is 4.98 Å². The summed E-state index contributed by atoms with van der Waals surface area (Å²) in [5.41, 5.74) is 1.71. The summed E-state index contributed by atoms with van der Waals surface area (Å²) < 4.78 is 0. The normalized spacial score (nSPS) is 14.8. The Balaban J connectivity index is 1.31. The minimum atomic E-state index is 0.0200. The fourth-order valence-corrected chi connectivity index (χ4v) is 3.85. The summed E-state index contributed by atoms with van der Waals surface area (Å²) >= 11 is 0. The first-order chi connectivity index (χ1) is 14.6. The van der Waals surface area contributed by atoms with Gasteiger partial charge in [-0.3, -0.25) is 14.6 Å². The van der Waals surface area contributed by atoms with E-state index in [0.29, 0.717) is 5.92 Å². The van der Waals surface area contributed by atoms with E-state index >= 15 is 0 Å². The summed E-state index contributed by atoms with van der Waals surface area (Å²) in [6.07, 6.45) is 12.3. The molecule has 0 spiro atoms. The molecule has 1 saturated heterocycles. The number of benzene rings is 1. The van der Waals surface area contributed by atoms with Crippen LogP contribution < -0.4 is 0 Å². The molecule has 2 aromatic rings. The number of pyridine rings is 1. The lowest BCUT2D eigenvalue weighted by molar-refractivity contribution is -0.124. The third kappa shape index (κ3) is 6.55. The zero-order valence-electron chi connectivity index (χ0n) is 17.7. The number of likely N-dealkylation sites (tertiary alicyclic amines) is 1. The molecule has 0 atom stereocenters. The minimum Gasteiger partial charge on any atom is -0.342 e. The second-order valence-corrected chi connectivity index (χ2v) is 7.98. The molecule has 2 amide bonds. The number of hydrogen-bond donors (Lipinski definition) is 0. The zero-order chi connectivity index (χ0) is 21.2. The van der Waals surface area contributed by atoms with Gasteiger partial charge in [0.15, 0.2) is 0 Å². The second-order valence-electron chi connectivity index (χ2n) is 7.98. The molecule has 3 rings (SSSR count). The number of carbonyl (C=O) groups excluding carboxylic acids is 2. The van der Waals surface area contributed by atoms with E-state index in [1.54, 1.807) is 29.4 Å². The molecular formula is C25H31N3O2. The Kier molecular flexibility index (Phi) is 8.19. The Hall–Kier alpha value is -2.95. The SMILES string of the molecule is CN(CCCCC1CCN(C(=O)c2ccccc2)CC1)C(=O)/C=C/c1cccnc1. The lowest BCUT2D eigenvalue weighted by atomic mass is 9.91. The molecule has 0 unspecified atom stereocenters. The van der Waals surface area contributed by atoms with Crippen LogP contribution in [0.15, 0.2) is 60.9 Å². The molecule has 0 N–H and O–H groups in total. The Labute approximate surface area is 179 Å².